The molecule has 2 aromatic carbocycles. The standard InChI is InChI=1S/C26H23FN6O2/c1-3-35-20-9-5-4-8-19(20)23-22(25(34)30-21-10-6-7-15-28-21)16(2)29-26-31-24(32-33(23)26)17-11-13-18(27)14-12-17/h4-15,23H,3H2,1-2H3,(H,28,30,34)(H,29,31,32). The lowest BCUT2D eigenvalue weighted by Gasteiger charge is -2.29. The van der Waals surface area contributed by atoms with Crippen LogP contribution in [-0.4, -0.2) is 32.3 Å². The molecule has 176 valence electrons. The van der Waals surface area contributed by atoms with E-state index in [1.165, 1.54) is 12.1 Å². The molecule has 1 aliphatic heterocycles. The molecule has 0 aliphatic carbocycles. The lowest BCUT2D eigenvalue weighted by molar-refractivity contribution is -0.113. The molecule has 1 amide bonds. The van der Waals surface area contributed by atoms with E-state index >= 15 is 0 Å². The van der Waals surface area contributed by atoms with Gasteiger partial charge in [-0.15, -0.1) is 5.10 Å². The molecule has 3 heterocycles. The van der Waals surface area contributed by atoms with Crippen molar-refractivity contribution in [2.24, 2.45) is 0 Å². The number of carbonyl (C=O) groups excluding carboxylic acids is 1. The predicted molar refractivity (Wildman–Crippen MR) is 130 cm³/mol. The van der Waals surface area contributed by atoms with Crippen LogP contribution in [0.15, 0.2) is 84.2 Å². The van der Waals surface area contributed by atoms with E-state index in [-0.39, 0.29) is 11.7 Å². The fourth-order valence-corrected chi connectivity index (χ4v) is 4.07. The van der Waals surface area contributed by atoms with E-state index in [9.17, 15) is 9.18 Å². The molecule has 1 atom stereocenters. The predicted octanol–water partition coefficient (Wildman–Crippen LogP) is 4.81. The molecule has 1 aliphatic rings. The average molecular weight is 471 g/mol. The summed E-state index contributed by atoms with van der Waals surface area (Å²) in [4.78, 5) is 22.4. The van der Waals surface area contributed by atoms with Crippen LogP contribution < -0.4 is 15.4 Å². The number of fused-ring (bicyclic) bond motifs is 1. The van der Waals surface area contributed by atoms with Crippen molar-refractivity contribution in [3.63, 3.8) is 0 Å². The summed E-state index contributed by atoms with van der Waals surface area (Å²) in [5, 5.41) is 10.8. The second kappa shape index (κ2) is 9.38. The Kier molecular flexibility index (Phi) is 5.97. The molecular weight excluding hydrogens is 447 g/mol. The fourth-order valence-electron chi connectivity index (χ4n) is 4.07. The molecule has 0 saturated heterocycles. The van der Waals surface area contributed by atoms with Gasteiger partial charge in [-0.2, -0.15) is 4.98 Å². The quantitative estimate of drug-likeness (QED) is 0.420. The van der Waals surface area contributed by atoms with Crippen LogP contribution in [0.3, 0.4) is 0 Å². The van der Waals surface area contributed by atoms with Crippen LogP contribution in [0.1, 0.15) is 25.5 Å². The van der Waals surface area contributed by atoms with Crippen molar-refractivity contribution in [2.75, 3.05) is 17.2 Å². The number of para-hydroxylation sites is 1. The number of carbonyl (C=O) groups is 1. The van der Waals surface area contributed by atoms with Gasteiger partial charge >= 0.3 is 0 Å². The topological polar surface area (TPSA) is 94.0 Å². The summed E-state index contributed by atoms with van der Waals surface area (Å²) in [6, 6.07) is 18.2. The summed E-state index contributed by atoms with van der Waals surface area (Å²) >= 11 is 0. The minimum Gasteiger partial charge on any atom is -0.494 e. The van der Waals surface area contributed by atoms with Crippen LogP contribution in [0.5, 0.6) is 5.75 Å². The van der Waals surface area contributed by atoms with Gasteiger partial charge in [-0.05, 0) is 56.3 Å². The summed E-state index contributed by atoms with van der Waals surface area (Å²) < 4.78 is 21.0. The number of pyridine rings is 1. The molecule has 35 heavy (non-hydrogen) atoms. The third kappa shape index (κ3) is 4.35. The van der Waals surface area contributed by atoms with E-state index < -0.39 is 6.04 Å². The number of halogens is 1. The van der Waals surface area contributed by atoms with Crippen molar-refractivity contribution < 1.29 is 13.9 Å². The average Bonchev–Trinajstić information content (AvgIpc) is 3.28. The van der Waals surface area contributed by atoms with Crippen molar-refractivity contribution >= 4 is 17.7 Å². The van der Waals surface area contributed by atoms with Crippen molar-refractivity contribution in [3.05, 3.63) is 95.6 Å². The van der Waals surface area contributed by atoms with E-state index in [4.69, 9.17) is 9.84 Å². The number of benzene rings is 2. The first-order valence-corrected chi connectivity index (χ1v) is 11.2. The van der Waals surface area contributed by atoms with Gasteiger partial charge in [0.25, 0.3) is 5.91 Å². The molecule has 1 unspecified atom stereocenters. The Morgan fingerprint density at radius 2 is 1.89 bits per heavy atom. The molecule has 2 aromatic heterocycles. The highest BCUT2D eigenvalue weighted by Gasteiger charge is 2.36. The summed E-state index contributed by atoms with van der Waals surface area (Å²) in [6.07, 6.45) is 1.61. The third-order valence-corrected chi connectivity index (χ3v) is 5.62. The maximum atomic E-state index is 13.6. The molecule has 4 aromatic rings. The zero-order chi connectivity index (χ0) is 24.4. The Balaban J connectivity index is 1.63. The van der Waals surface area contributed by atoms with E-state index in [1.54, 1.807) is 41.2 Å². The van der Waals surface area contributed by atoms with Crippen molar-refractivity contribution in [3.8, 4) is 17.1 Å². The summed E-state index contributed by atoms with van der Waals surface area (Å²) in [6.45, 7) is 4.19. The third-order valence-electron chi connectivity index (χ3n) is 5.62. The zero-order valence-electron chi connectivity index (χ0n) is 19.2. The minimum atomic E-state index is -0.626. The number of nitrogens with one attached hydrogen (secondary N) is 2. The van der Waals surface area contributed by atoms with Crippen molar-refractivity contribution in [1.82, 2.24) is 19.7 Å². The van der Waals surface area contributed by atoms with Gasteiger partial charge in [-0.1, -0.05) is 24.3 Å². The fraction of sp³-hybridized carbons (Fsp3) is 0.154. The van der Waals surface area contributed by atoms with Crippen LogP contribution >= 0.6 is 0 Å². The number of anilines is 2. The Hall–Kier alpha value is -4.53. The first-order valence-electron chi connectivity index (χ1n) is 11.2. The number of amides is 1. The first kappa shape index (κ1) is 22.3. The number of hydrogen-bond donors (Lipinski definition) is 2. The van der Waals surface area contributed by atoms with Crippen LogP contribution in [-0.2, 0) is 4.79 Å². The largest absolute Gasteiger partial charge is 0.494 e. The van der Waals surface area contributed by atoms with Gasteiger partial charge < -0.3 is 15.4 Å². The zero-order valence-corrected chi connectivity index (χ0v) is 19.2. The van der Waals surface area contributed by atoms with E-state index in [1.807, 2.05) is 38.1 Å². The summed E-state index contributed by atoms with van der Waals surface area (Å²) in [5.41, 5.74) is 2.49. The van der Waals surface area contributed by atoms with E-state index in [2.05, 4.69) is 20.6 Å². The highest BCUT2D eigenvalue weighted by atomic mass is 19.1. The summed E-state index contributed by atoms with van der Waals surface area (Å²) in [5.74, 6) is 1.28. The van der Waals surface area contributed by atoms with Crippen molar-refractivity contribution in [2.45, 2.75) is 19.9 Å². The highest BCUT2D eigenvalue weighted by molar-refractivity contribution is 6.05. The smallest absolute Gasteiger partial charge is 0.257 e. The van der Waals surface area contributed by atoms with Crippen LogP contribution in [0.25, 0.3) is 11.4 Å². The van der Waals surface area contributed by atoms with Gasteiger partial charge in [0.05, 0.1) is 12.2 Å². The molecule has 0 spiro atoms. The van der Waals surface area contributed by atoms with Gasteiger partial charge in [0.15, 0.2) is 5.82 Å². The van der Waals surface area contributed by atoms with E-state index in [0.717, 1.165) is 5.56 Å². The van der Waals surface area contributed by atoms with Crippen LogP contribution in [0.2, 0.25) is 0 Å². The highest BCUT2D eigenvalue weighted by Crippen LogP contribution is 2.40. The molecule has 0 saturated carbocycles. The molecule has 0 bridgehead atoms. The number of rotatable bonds is 6. The molecule has 0 fully saturated rings. The number of nitrogens with zero attached hydrogens (tertiary/aromatic N) is 4. The first-order chi connectivity index (χ1) is 17.0. The minimum absolute atomic E-state index is 0.325. The van der Waals surface area contributed by atoms with Gasteiger partial charge in [0.2, 0.25) is 5.95 Å². The number of aromatic nitrogens is 4. The number of allylic oxidation sites excluding steroid dienone is 1. The van der Waals surface area contributed by atoms with E-state index in [0.29, 0.717) is 46.8 Å². The maximum absolute atomic E-state index is 13.6. The van der Waals surface area contributed by atoms with Crippen LogP contribution in [0.4, 0.5) is 16.2 Å². The lowest BCUT2D eigenvalue weighted by Crippen LogP contribution is -2.32. The monoisotopic (exact) mass is 470 g/mol. The molecule has 8 nitrogen and oxygen atoms in total. The van der Waals surface area contributed by atoms with Crippen LogP contribution in [0, 0.1) is 5.82 Å². The molecule has 2 N–H and O–H groups in total. The molecule has 5 rings (SSSR count). The van der Waals surface area contributed by atoms with Gasteiger partial charge in [0, 0.05) is 23.0 Å². The maximum Gasteiger partial charge on any atom is 0.257 e. The normalized spacial score (nSPS) is 14.8. The Labute approximate surface area is 201 Å². The van der Waals surface area contributed by atoms with Gasteiger partial charge in [0.1, 0.15) is 23.4 Å². The van der Waals surface area contributed by atoms with Gasteiger partial charge in [-0.3, -0.25) is 4.79 Å². The Morgan fingerprint density at radius 1 is 1.11 bits per heavy atom. The Morgan fingerprint density at radius 3 is 2.63 bits per heavy atom. The number of hydrogen-bond acceptors (Lipinski definition) is 6. The number of ether oxygens (including phenoxy) is 1. The summed E-state index contributed by atoms with van der Waals surface area (Å²) in [7, 11) is 0. The lowest BCUT2D eigenvalue weighted by atomic mass is 9.94. The molecule has 9 heteroatoms. The molecular formula is C26H23FN6O2. The second-order valence-electron chi connectivity index (χ2n) is 7.92. The van der Waals surface area contributed by atoms with Crippen molar-refractivity contribution in [1.29, 1.82) is 0 Å². The second-order valence-corrected chi connectivity index (χ2v) is 7.92. The SMILES string of the molecule is CCOc1ccccc1C1C(C(=O)Nc2ccccn2)=C(C)Nc2nc(-c3ccc(F)cc3)nn21. The molecule has 0 radical (unpaired) electrons. The van der Waals surface area contributed by atoms with Gasteiger partial charge in [-0.25, -0.2) is 14.1 Å². The Bertz CT molecular complexity index is 1400.